The summed E-state index contributed by atoms with van der Waals surface area (Å²) in [6.45, 7) is 0. The van der Waals surface area contributed by atoms with Crippen molar-refractivity contribution in [3.05, 3.63) is 188 Å². The first-order chi connectivity index (χ1) is 25.8. The molecule has 0 aliphatic heterocycles. The Balaban J connectivity index is 1.25. The SMILES string of the molecule is c1ccc(-c2nc(-c3ccccc3)nc(-c3cccc(-n4c5ccccc5c5c(-c6ccccc6)cc6c(ccn6-c6ccccc6)c54)c3)n2)cc1. The average Bonchev–Trinajstić information content (AvgIpc) is 3.81. The molecule has 244 valence electrons. The molecule has 10 rings (SSSR count). The predicted molar refractivity (Wildman–Crippen MR) is 213 cm³/mol. The van der Waals surface area contributed by atoms with E-state index in [-0.39, 0.29) is 0 Å². The molecule has 0 saturated carbocycles. The molecule has 0 aliphatic rings. The molecular weight excluding hydrogens is 635 g/mol. The fraction of sp³-hybridized carbons (Fsp3) is 0. The number of nitrogens with zero attached hydrogens (tertiary/aromatic N) is 5. The lowest BCUT2D eigenvalue weighted by molar-refractivity contribution is 1.07. The summed E-state index contributed by atoms with van der Waals surface area (Å²) in [7, 11) is 0. The normalized spacial score (nSPS) is 11.5. The van der Waals surface area contributed by atoms with Crippen molar-refractivity contribution in [1.82, 2.24) is 24.1 Å². The number of fused-ring (bicyclic) bond motifs is 5. The van der Waals surface area contributed by atoms with Gasteiger partial charge in [-0.1, -0.05) is 140 Å². The highest BCUT2D eigenvalue weighted by atomic mass is 15.0. The molecule has 10 aromatic rings. The molecular formula is C47H31N5. The number of benzene rings is 7. The van der Waals surface area contributed by atoms with Crippen LogP contribution in [0.1, 0.15) is 0 Å². The van der Waals surface area contributed by atoms with Crippen molar-refractivity contribution < 1.29 is 0 Å². The molecule has 5 heteroatoms. The van der Waals surface area contributed by atoms with Crippen molar-refractivity contribution in [2.45, 2.75) is 0 Å². The third-order valence-electron chi connectivity index (χ3n) is 9.79. The number of rotatable bonds is 6. The summed E-state index contributed by atoms with van der Waals surface area (Å²) >= 11 is 0. The smallest absolute Gasteiger partial charge is 0.164 e. The summed E-state index contributed by atoms with van der Waals surface area (Å²) in [5.74, 6) is 1.91. The van der Waals surface area contributed by atoms with E-state index < -0.39 is 0 Å². The molecule has 52 heavy (non-hydrogen) atoms. The van der Waals surface area contributed by atoms with Gasteiger partial charge in [0.15, 0.2) is 17.5 Å². The molecule has 0 fully saturated rings. The summed E-state index contributed by atoms with van der Waals surface area (Å²) in [5.41, 5.74) is 10.8. The van der Waals surface area contributed by atoms with E-state index in [0.717, 1.165) is 44.6 Å². The van der Waals surface area contributed by atoms with Gasteiger partial charge in [-0.3, -0.25) is 0 Å². The minimum absolute atomic E-state index is 0.626. The van der Waals surface area contributed by atoms with Crippen LogP contribution >= 0.6 is 0 Å². The van der Waals surface area contributed by atoms with Crippen LogP contribution in [0.2, 0.25) is 0 Å². The Bertz CT molecular complexity index is 2820. The quantitative estimate of drug-likeness (QED) is 0.178. The van der Waals surface area contributed by atoms with E-state index in [1.165, 1.54) is 27.3 Å². The summed E-state index contributed by atoms with van der Waals surface area (Å²) in [4.78, 5) is 15.0. The second-order valence-electron chi connectivity index (χ2n) is 12.9. The van der Waals surface area contributed by atoms with E-state index in [2.05, 4.69) is 137 Å². The first-order valence-corrected chi connectivity index (χ1v) is 17.5. The van der Waals surface area contributed by atoms with Gasteiger partial charge in [0.05, 0.1) is 16.6 Å². The van der Waals surface area contributed by atoms with Crippen LogP contribution in [0.4, 0.5) is 0 Å². The molecule has 0 saturated heterocycles. The van der Waals surface area contributed by atoms with Gasteiger partial charge in [0.1, 0.15) is 0 Å². The number of hydrogen-bond acceptors (Lipinski definition) is 3. The third kappa shape index (κ3) is 4.98. The molecule has 0 atom stereocenters. The largest absolute Gasteiger partial charge is 0.316 e. The number of aromatic nitrogens is 5. The van der Waals surface area contributed by atoms with Crippen molar-refractivity contribution in [1.29, 1.82) is 0 Å². The minimum atomic E-state index is 0.626. The topological polar surface area (TPSA) is 48.5 Å². The highest BCUT2D eigenvalue weighted by Gasteiger charge is 2.22. The molecule has 0 N–H and O–H groups in total. The zero-order valence-corrected chi connectivity index (χ0v) is 28.1. The Morgan fingerprint density at radius 1 is 0.365 bits per heavy atom. The van der Waals surface area contributed by atoms with Gasteiger partial charge in [-0.25, -0.2) is 15.0 Å². The van der Waals surface area contributed by atoms with Gasteiger partial charge < -0.3 is 9.13 Å². The average molecular weight is 666 g/mol. The highest BCUT2D eigenvalue weighted by Crippen LogP contribution is 2.43. The highest BCUT2D eigenvalue weighted by molar-refractivity contribution is 6.24. The zero-order chi connectivity index (χ0) is 34.4. The van der Waals surface area contributed by atoms with Crippen molar-refractivity contribution in [2.24, 2.45) is 0 Å². The van der Waals surface area contributed by atoms with E-state index in [4.69, 9.17) is 15.0 Å². The Hall–Kier alpha value is -7.11. The van der Waals surface area contributed by atoms with E-state index in [9.17, 15) is 0 Å². The monoisotopic (exact) mass is 665 g/mol. The first-order valence-electron chi connectivity index (χ1n) is 17.5. The van der Waals surface area contributed by atoms with E-state index in [1.807, 2.05) is 60.7 Å². The molecule has 0 unspecified atom stereocenters. The van der Waals surface area contributed by atoms with Crippen LogP contribution in [-0.2, 0) is 0 Å². The molecule has 3 aromatic heterocycles. The van der Waals surface area contributed by atoms with Crippen LogP contribution in [0.15, 0.2) is 188 Å². The van der Waals surface area contributed by atoms with Crippen molar-refractivity contribution in [3.8, 4) is 56.7 Å². The second-order valence-corrected chi connectivity index (χ2v) is 12.9. The van der Waals surface area contributed by atoms with E-state index in [0.29, 0.717) is 17.5 Å². The van der Waals surface area contributed by atoms with Crippen LogP contribution in [0.5, 0.6) is 0 Å². The lowest BCUT2D eigenvalue weighted by atomic mass is 9.97. The minimum Gasteiger partial charge on any atom is -0.316 e. The maximum Gasteiger partial charge on any atom is 0.164 e. The number of hydrogen-bond donors (Lipinski definition) is 0. The predicted octanol–water partition coefficient (Wildman–Crippen LogP) is 11.6. The van der Waals surface area contributed by atoms with E-state index in [1.54, 1.807) is 0 Å². The summed E-state index contributed by atoms with van der Waals surface area (Å²) < 4.78 is 4.70. The lowest BCUT2D eigenvalue weighted by Crippen LogP contribution is -2.01. The lowest BCUT2D eigenvalue weighted by Gasteiger charge is -2.14. The molecule has 7 aromatic carbocycles. The van der Waals surface area contributed by atoms with Crippen LogP contribution in [0, 0.1) is 0 Å². The van der Waals surface area contributed by atoms with Gasteiger partial charge in [0.2, 0.25) is 0 Å². The van der Waals surface area contributed by atoms with Crippen LogP contribution in [0.3, 0.4) is 0 Å². The maximum atomic E-state index is 5.05. The summed E-state index contributed by atoms with van der Waals surface area (Å²) in [5, 5.41) is 3.61. The Morgan fingerprint density at radius 3 is 1.54 bits per heavy atom. The molecule has 5 nitrogen and oxygen atoms in total. The molecule has 3 heterocycles. The Morgan fingerprint density at radius 2 is 0.885 bits per heavy atom. The van der Waals surface area contributed by atoms with Gasteiger partial charge >= 0.3 is 0 Å². The van der Waals surface area contributed by atoms with Crippen LogP contribution in [-0.4, -0.2) is 24.1 Å². The van der Waals surface area contributed by atoms with E-state index >= 15 is 0 Å². The second kappa shape index (κ2) is 12.3. The summed E-state index contributed by atoms with van der Waals surface area (Å²) in [6.07, 6.45) is 2.19. The van der Waals surface area contributed by atoms with Gasteiger partial charge in [-0.05, 0) is 53.6 Å². The van der Waals surface area contributed by atoms with Crippen molar-refractivity contribution in [2.75, 3.05) is 0 Å². The van der Waals surface area contributed by atoms with Gasteiger partial charge in [-0.2, -0.15) is 0 Å². The Labute approximate surface area is 300 Å². The number of para-hydroxylation sites is 2. The summed E-state index contributed by atoms with van der Waals surface area (Å²) in [6, 6.07) is 63.4. The molecule has 0 spiro atoms. The van der Waals surface area contributed by atoms with Gasteiger partial charge in [-0.15, -0.1) is 0 Å². The molecule has 0 bridgehead atoms. The molecule has 0 amide bonds. The first kappa shape index (κ1) is 29.8. The van der Waals surface area contributed by atoms with Crippen LogP contribution < -0.4 is 0 Å². The zero-order valence-electron chi connectivity index (χ0n) is 28.1. The fourth-order valence-corrected chi connectivity index (χ4v) is 7.42. The van der Waals surface area contributed by atoms with Crippen molar-refractivity contribution >= 4 is 32.7 Å². The van der Waals surface area contributed by atoms with Gasteiger partial charge in [0.25, 0.3) is 0 Å². The molecule has 0 radical (unpaired) electrons. The Kier molecular flexibility index (Phi) is 7.07. The maximum absolute atomic E-state index is 5.05. The molecule has 0 aliphatic carbocycles. The van der Waals surface area contributed by atoms with Crippen LogP contribution in [0.25, 0.3) is 89.4 Å². The standard InChI is InChI=1S/C47H31N5/c1-5-16-32(17-6-1)40-31-42-39(28-29-51(42)36-23-11-4-12-24-36)44-43(40)38-26-13-14-27-41(38)52(44)37-25-15-22-35(30-37)47-49-45(33-18-7-2-8-19-33)48-46(50-47)34-20-9-3-10-21-34/h1-31H. The fourth-order valence-electron chi connectivity index (χ4n) is 7.42. The third-order valence-corrected chi connectivity index (χ3v) is 9.79. The van der Waals surface area contributed by atoms with Crippen molar-refractivity contribution in [3.63, 3.8) is 0 Å². The van der Waals surface area contributed by atoms with Gasteiger partial charge in [0, 0.05) is 50.4 Å².